The van der Waals surface area contributed by atoms with Gasteiger partial charge in [-0.2, -0.15) is 0 Å². The summed E-state index contributed by atoms with van der Waals surface area (Å²) in [6, 6.07) is 0. The van der Waals surface area contributed by atoms with E-state index in [1.54, 1.807) is 16.8 Å². The van der Waals surface area contributed by atoms with E-state index in [1.807, 2.05) is 0 Å². The summed E-state index contributed by atoms with van der Waals surface area (Å²) < 4.78 is 1.04. The maximum Gasteiger partial charge on any atom is 0.0942 e. The van der Waals surface area contributed by atoms with Crippen LogP contribution >= 0.6 is 27.3 Å². The minimum atomic E-state index is 0.518. The Kier molecular flexibility index (Phi) is 1.99. The molecule has 0 aliphatic carbocycles. The van der Waals surface area contributed by atoms with E-state index in [0.29, 0.717) is 6.54 Å². The fourth-order valence-corrected chi connectivity index (χ4v) is 1.45. The highest BCUT2D eigenvalue weighted by Gasteiger charge is 1.96. The number of halogens is 1. The lowest BCUT2D eigenvalue weighted by molar-refractivity contribution is 1.00. The molecule has 44 valence electrons. The lowest BCUT2D eigenvalue weighted by atomic mass is 10.5. The molecule has 8 heavy (non-hydrogen) atoms. The van der Waals surface area contributed by atoms with Crippen molar-refractivity contribution in [3.8, 4) is 0 Å². The predicted molar refractivity (Wildman–Crippen MR) is 37.7 cm³/mol. The molecular weight excluding hydrogens is 188 g/mol. The summed E-state index contributed by atoms with van der Waals surface area (Å²) in [6.07, 6.45) is 0. The van der Waals surface area contributed by atoms with Crippen LogP contribution in [0.1, 0.15) is 5.69 Å². The van der Waals surface area contributed by atoms with Crippen molar-refractivity contribution in [1.29, 1.82) is 0 Å². The molecule has 1 heterocycles. The summed E-state index contributed by atoms with van der Waals surface area (Å²) in [5.41, 5.74) is 8.02. The lowest BCUT2D eigenvalue weighted by Gasteiger charge is -1.84. The first kappa shape index (κ1) is 6.19. The van der Waals surface area contributed by atoms with Gasteiger partial charge in [0.1, 0.15) is 0 Å². The normalized spacial score (nSPS) is 9.75. The Morgan fingerprint density at radius 3 is 2.88 bits per heavy atom. The Bertz CT molecular complexity index is 174. The smallest absolute Gasteiger partial charge is 0.0942 e. The van der Waals surface area contributed by atoms with Crippen molar-refractivity contribution in [3.05, 3.63) is 15.0 Å². The molecule has 2 nitrogen and oxygen atoms in total. The van der Waals surface area contributed by atoms with Crippen LogP contribution in [0.2, 0.25) is 0 Å². The van der Waals surface area contributed by atoms with Gasteiger partial charge in [-0.3, -0.25) is 0 Å². The summed E-state index contributed by atoms with van der Waals surface area (Å²) in [7, 11) is 0. The van der Waals surface area contributed by atoms with Gasteiger partial charge in [-0.1, -0.05) is 0 Å². The molecule has 0 radical (unpaired) electrons. The van der Waals surface area contributed by atoms with E-state index in [1.165, 1.54) is 0 Å². The zero-order chi connectivity index (χ0) is 5.98. The molecule has 0 aromatic carbocycles. The third-order valence-electron chi connectivity index (χ3n) is 0.785. The largest absolute Gasteiger partial charge is 0.325 e. The summed E-state index contributed by atoms with van der Waals surface area (Å²) in [5.74, 6) is 0. The molecule has 0 saturated heterocycles. The minimum Gasteiger partial charge on any atom is -0.325 e. The summed E-state index contributed by atoms with van der Waals surface area (Å²) in [6.45, 7) is 0.518. The van der Waals surface area contributed by atoms with E-state index in [-0.39, 0.29) is 0 Å². The molecule has 1 rings (SSSR count). The van der Waals surface area contributed by atoms with Crippen LogP contribution in [0.25, 0.3) is 0 Å². The summed E-state index contributed by atoms with van der Waals surface area (Å²) in [4.78, 5) is 3.98. The van der Waals surface area contributed by atoms with Gasteiger partial charge in [-0.05, 0) is 15.9 Å². The molecule has 0 bridgehead atoms. The Hall–Kier alpha value is 0.0700. The first-order valence-electron chi connectivity index (χ1n) is 2.12. The van der Waals surface area contributed by atoms with Crippen molar-refractivity contribution in [2.45, 2.75) is 6.54 Å². The van der Waals surface area contributed by atoms with Crippen molar-refractivity contribution in [3.63, 3.8) is 0 Å². The number of hydrogen-bond acceptors (Lipinski definition) is 3. The van der Waals surface area contributed by atoms with Gasteiger partial charge in [0.05, 0.1) is 15.0 Å². The van der Waals surface area contributed by atoms with Crippen LogP contribution in [0.4, 0.5) is 0 Å². The van der Waals surface area contributed by atoms with Crippen LogP contribution < -0.4 is 5.73 Å². The zero-order valence-corrected chi connectivity index (χ0v) is 6.50. The number of aromatic nitrogens is 1. The molecular formula is C4H5BrN2S. The van der Waals surface area contributed by atoms with Gasteiger partial charge in [0, 0.05) is 6.54 Å². The third kappa shape index (κ3) is 1.07. The molecule has 0 aliphatic rings. The molecule has 0 spiro atoms. The Morgan fingerprint density at radius 1 is 1.88 bits per heavy atom. The quantitative estimate of drug-likeness (QED) is 0.731. The predicted octanol–water partition coefficient (Wildman–Crippen LogP) is 1.36. The van der Waals surface area contributed by atoms with Crippen LogP contribution in [-0.4, -0.2) is 4.98 Å². The van der Waals surface area contributed by atoms with Gasteiger partial charge in [0.2, 0.25) is 0 Å². The maximum atomic E-state index is 5.31. The van der Waals surface area contributed by atoms with Crippen LogP contribution in [0.15, 0.2) is 9.30 Å². The second-order valence-electron chi connectivity index (χ2n) is 1.28. The van der Waals surface area contributed by atoms with Crippen molar-refractivity contribution in [2.24, 2.45) is 5.73 Å². The van der Waals surface area contributed by atoms with Gasteiger partial charge >= 0.3 is 0 Å². The maximum absolute atomic E-state index is 5.31. The molecule has 0 unspecified atom stereocenters. The topological polar surface area (TPSA) is 38.9 Å². The number of rotatable bonds is 1. The van der Waals surface area contributed by atoms with Gasteiger partial charge in [0.15, 0.2) is 0 Å². The molecule has 4 heteroatoms. The van der Waals surface area contributed by atoms with Crippen LogP contribution in [0.3, 0.4) is 0 Å². The van der Waals surface area contributed by atoms with Crippen LogP contribution in [0.5, 0.6) is 0 Å². The van der Waals surface area contributed by atoms with Crippen LogP contribution in [0, 0.1) is 0 Å². The van der Waals surface area contributed by atoms with E-state index in [4.69, 9.17) is 5.73 Å². The fourth-order valence-electron chi connectivity index (χ4n) is 0.388. The Labute approximate surface area is 59.9 Å². The SMILES string of the molecule is NCc1ncsc1Br. The van der Waals surface area contributed by atoms with Crippen molar-refractivity contribution < 1.29 is 0 Å². The van der Waals surface area contributed by atoms with E-state index < -0.39 is 0 Å². The fraction of sp³-hybridized carbons (Fsp3) is 0.250. The molecule has 0 aliphatic heterocycles. The molecule has 0 atom stereocenters. The van der Waals surface area contributed by atoms with Crippen LogP contribution in [-0.2, 0) is 6.54 Å². The monoisotopic (exact) mass is 192 g/mol. The van der Waals surface area contributed by atoms with Crippen molar-refractivity contribution in [2.75, 3.05) is 0 Å². The summed E-state index contributed by atoms with van der Waals surface area (Å²) >= 11 is 4.86. The lowest BCUT2D eigenvalue weighted by Crippen LogP contribution is -1.95. The molecule has 0 amide bonds. The average molecular weight is 193 g/mol. The first-order valence-corrected chi connectivity index (χ1v) is 3.80. The van der Waals surface area contributed by atoms with Crippen molar-refractivity contribution in [1.82, 2.24) is 4.98 Å². The number of nitrogens with zero attached hydrogens (tertiary/aromatic N) is 1. The molecule has 1 aromatic rings. The highest BCUT2D eigenvalue weighted by atomic mass is 79.9. The van der Waals surface area contributed by atoms with E-state index in [2.05, 4.69) is 20.9 Å². The molecule has 1 aromatic heterocycles. The highest BCUT2D eigenvalue weighted by molar-refractivity contribution is 9.11. The van der Waals surface area contributed by atoms with E-state index in [0.717, 1.165) is 9.48 Å². The van der Waals surface area contributed by atoms with E-state index in [9.17, 15) is 0 Å². The van der Waals surface area contributed by atoms with Gasteiger partial charge < -0.3 is 5.73 Å². The number of thiazole rings is 1. The third-order valence-corrected chi connectivity index (χ3v) is 2.46. The van der Waals surface area contributed by atoms with E-state index >= 15 is 0 Å². The Morgan fingerprint density at radius 2 is 2.62 bits per heavy atom. The molecule has 2 N–H and O–H groups in total. The highest BCUT2D eigenvalue weighted by Crippen LogP contribution is 2.19. The first-order chi connectivity index (χ1) is 3.84. The zero-order valence-electron chi connectivity index (χ0n) is 4.10. The second kappa shape index (κ2) is 2.57. The number of hydrogen-bond donors (Lipinski definition) is 1. The Balaban J connectivity index is 2.92. The minimum absolute atomic E-state index is 0.518. The molecule has 0 fully saturated rings. The van der Waals surface area contributed by atoms with Crippen molar-refractivity contribution >= 4 is 27.3 Å². The van der Waals surface area contributed by atoms with Gasteiger partial charge in [0.25, 0.3) is 0 Å². The average Bonchev–Trinajstić information content (AvgIpc) is 2.14. The van der Waals surface area contributed by atoms with Gasteiger partial charge in [-0.15, -0.1) is 11.3 Å². The van der Waals surface area contributed by atoms with Gasteiger partial charge in [-0.25, -0.2) is 4.98 Å². The molecule has 0 saturated carbocycles. The second-order valence-corrected chi connectivity index (χ2v) is 3.45. The number of nitrogens with two attached hydrogens (primary N) is 1. The summed E-state index contributed by atoms with van der Waals surface area (Å²) in [5, 5.41) is 0. The standard InChI is InChI=1S/C4H5BrN2S/c5-4-3(1-6)7-2-8-4/h2H,1,6H2.